The van der Waals surface area contributed by atoms with Gasteiger partial charge in [-0.3, -0.25) is 9.79 Å². The number of carbonyl (C=O) groups excluding carboxylic acids is 1. The molecule has 2 aromatic rings. The highest BCUT2D eigenvalue weighted by molar-refractivity contribution is 6.34. The number of hydrazone groups is 1. The molecule has 1 unspecified atom stereocenters. The van der Waals surface area contributed by atoms with Gasteiger partial charge in [0.05, 0.1) is 16.4 Å². The number of phenolic OH excluding ortho intramolecular Hbond substituents is 1. The van der Waals surface area contributed by atoms with Gasteiger partial charge in [0.1, 0.15) is 17.4 Å². The van der Waals surface area contributed by atoms with Crippen molar-refractivity contribution in [3.8, 4) is 5.75 Å². The lowest BCUT2D eigenvalue weighted by Crippen LogP contribution is -2.28. The van der Waals surface area contributed by atoms with Crippen LogP contribution < -0.4 is 5.01 Å². The minimum Gasteiger partial charge on any atom is -0.506 e. The molecule has 3 rings (SSSR count). The van der Waals surface area contributed by atoms with Gasteiger partial charge in [0.2, 0.25) is 0 Å². The van der Waals surface area contributed by atoms with Crippen LogP contribution in [-0.2, 0) is 4.79 Å². The van der Waals surface area contributed by atoms with E-state index in [1.165, 1.54) is 11.2 Å². The van der Waals surface area contributed by atoms with E-state index in [0.717, 1.165) is 0 Å². The maximum Gasteiger partial charge on any atom is 0.261 e. The lowest BCUT2D eigenvalue weighted by Gasteiger charge is -2.14. The molecule has 0 fully saturated rings. The summed E-state index contributed by atoms with van der Waals surface area (Å²) in [5, 5.41) is 15.8. The van der Waals surface area contributed by atoms with Gasteiger partial charge >= 0.3 is 0 Å². The average molecular weight is 328 g/mol. The van der Waals surface area contributed by atoms with Crippen LogP contribution in [0.1, 0.15) is 6.92 Å². The summed E-state index contributed by atoms with van der Waals surface area (Å²) in [6.07, 6.45) is 1.49. The molecule has 116 valence electrons. The van der Waals surface area contributed by atoms with Crippen LogP contribution in [0.4, 0.5) is 11.4 Å². The zero-order valence-electron chi connectivity index (χ0n) is 12.3. The maximum absolute atomic E-state index is 12.6. The number of aromatic hydroxyl groups is 1. The minimum absolute atomic E-state index is 0.0618. The Labute approximate surface area is 138 Å². The Morgan fingerprint density at radius 3 is 2.65 bits per heavy atom. The SMILES string of the molecule is CC1=NN(c2ccccc2Cl)C(=O)C1/C=N/c1ccccc1O. The van der Waals surface area contributed by atoms with Crippen molar-refractivity contribution in [3.05, 3.63) is 53.6 Å². The van der Waals surface area contributed by atoms with Gasteiger partial charge in [0.15, 0.2) is 0 Å². The molecule has 1 amide bonds. The third-order valence-corrected chi connectivity index (χ3v) is 3.83. The maximum atomic E-state index is 12.6. The van der Waals surface area contributed by atoms with E-state index in [0.29, 0.717) is 22.1 Å². The first kappa shape index (κ1) is 15.2. The van der Waals surface area contributed by atoms with E-state index >= 15 is 0 Å². The molecule has 0 radical (unpaired) electrons. The Morgan fingerprint density at radius 1 is 1.22 bits per heavy atom. The van der Waals surface area contributed by atoms with E-state index in [4.69, 9.17) is 11.6 Å². The highest BCUT2D eigenvalue weighted by atomic mass is 35.5. The first-order valence-electron chi connectivity index (χ1n) is 7.03. The molecule has 0 bridgehead atoms. The molecule has 1 heterocycles. The van der Waals surface area contributed by atoms with Crippen LogP contribution in [0.25, 0.3) is 0 Å². The molecule has 6 heteroatoms. The number of hydrogen-bond acceptors (Lipinski definition) is 4. The standard InChI is InChI=1S/C17H14ClN3O2/c1-11-12(10-19-14-7-3-5-9-16(14)22)17(23)21(20-11)15-8-4-2-6-13(15)18/h2-10,12,22H,1H3/b19-10+. The second-order valence-electron chi connectivity index (χ2n) is 5.09. The predicted octanol–water partition coefficient (Wildman–Crippen LogP) is 3.79. The minimum atomic E-state index is -0.578. The smallest absolute Gasteiger partial charge is 0.261 e. The second-order valence-corrected chi connectivity index (χ2v) is 5.49. The summed E-state index contributed by atoms with van der Waals surface area (Å²) < 4.78 is 0. The lowest BCUT2D eigenvalue weighted by molar-refractivity contribution is -0.118. The first-order chi connectivity index (χ1) is 11.1. The van der Waals surface area contributed by atoms with Crippen LogP contribution >= 0.6 is 11.6 Å². The van der Waals surface area contributed by atoms with E-state index in [-0.39, 0.29) is 11.7 Å². The van der Waals surface area contributed by atoms with Crippen molar-refractivity contribution >= 4 is 40.8 Å². The summed E-state index contributed by atoms with van der Waals surface area (Å²) in [7, 11) is 0. The molecule has 1 N–H and O–H groups in total. The van der Waals surface area contributed by atoms with Gasteiger partial charge in [-0.25, -0.2) is 0 Å². The first-order valence-corrected chi connectivity index (χ1v) is 7.41. The van der Waals surface area contributed by atoms with Crippen molar-refractivity contribution in [3.63, 3.8) is 0 Å². The summed E-state index contributed by atoms with van der Waals surface area (Å²) in [5.41, 5.74) is 1.57. The number of anilines is 1. The van der Waals surface area contributed by atoms with E-state index < -0.39 is 5.92 Å². The summed E-state index contributed by atoms with van der Waals surface area (Å²) in [6.45, 7) is 1.76. The molecular weight excluding hydrogens is 314 g/mol. The molecule has 23 heavy (non-hydrogen) atoms. The van der Waals surface area contributed by atoms with Gasteiger partial charge in [0, 0.05) is 6.21 Å². The molecular formula is C17H14ClN3O2. The fourth-order valence-electron chi connectivity index (χ4n) is 2.28. The molecule has 0 saturated carbocycles. The molecule has 1 aliphatic rings. The number of rotatable bonds is 3. The number of para-hydroxylation sites is 3. The van der Waals surface area contributed by atoms with E-state index in [9.17, 15) is 9.90 Å². The van der Waals surface area contributed by atoms with E-state index in [2.05, 4.69) is 10.1 Å². The topological polar surface area (TPSA) is 65.3 Å². The molecule has 0 saturated heterocycles. The molecule has 5 nitrogen and oxygen atoms in total. The van der Waals surface area contributed by atoms with Crippen molar-refractivity contribution < 1.29 is 9.90 Å². The fourth-order valence-corrected chi connectivity index (χ4v) is 2.49. The summed E-state index contributed by atoms with van der Waals surface area (Å²) >= 11 is 6.13. The van der Waals surface area contributed by atoms with E-state index in [1.807, 2.05) is 0 Å². The normalized spacial score (nSPS) is 17.8. The molecule has 1 aliphatic heterocycles. The number of halogens is 1. The third kappa shape index (κ3) is 2.96. The Morgan fingerprint density at radius 2 is 1.91 bits per heavy atom. The van der Waals surface area contributed by atoms with Crippen LogP contribution in [0.15, 0.2) is 58.6 Å². The number of hydrogen-bond donors (Lipinski definition) is 1. The monoisotopic (exact) mass is 327 g/mol. The van der Waals surface area contributed by atoms with Gasteiger partial charge in [-0.2, -0.15) is 10.1 Å². The number of amides is 1. The Bertz CT molecular complexity index is 817. The van der Waals surface area contributed by atoms with Crippen LogP contribution in [0.2, 0.25) is 5.02 Å². The van der Waals surface area contributed by atoms with Crippen molar-refractivity contribution in [1.82, 2.24) is 0 Å². The second kappa shape index (κ2) is 6.22. The molecule has 0 aromatic heterocycles. The molecule has 1 atom stereocenters. The summed E-state index contributed by atoms with van der Waals surface area (Å²) in [6, 6.07) is 13.7. The van der Waals surface area contributed by atoms with Gasteiger partial charge in [0.25, 0.3) is 5.91 Å². The number of carbonyl (C=O) groups is 1. The van der Waals surface area contributed by atoms with Gasteiger partial charge < -0.3 is 5.11 Å². The van der Waals surface area contributed by atoms with Crippen LogP contribution in [-0.4, -0.2) is 22.9 Å². The average Bonchev–Trinajstić information content (AvgIpc) is 2.82. The van der Waals surface area contributed by atoms with Crippen molar-refractivity contribution in [2.45, 2.75) is 6.92 Å². The highest BCUT2D eigenvalue weighted by Gasteiger charge is 2.34. The molecule has 2 aromatic carbocycles. The zero-order chi connectivity index (χ0) is 16.4. The largest absolute Gasteiger partial charge is 0.506 e. The number of aliphatic imine (C=N–C) groups is 1. The fraction of sp³-hybridized carbons (Fsp3) is 0.118. The highest BCUT2D eigenvalue weighted by Crippen LogP contribution is 2.30. The van der Waals surface area contributed by atoms with Gasteiger partial charge in [-0.05, 0) is 31.2 Å². The van der Waals surface area contributed by atoms with Crippen LogP contribution in [0.3, 0.4) is 0 Å². The quantitative estimate of drug-likeness (QED) is 0.872. The number of nitrogens with zero attached hydrogens (tertiary/aromatic N) is 3. The van der Waals surface area contributed by atoms with Crippen molar-refractivity contribution in [1.29, 1.82) is 0 Å². The Kier molecular flexibility index (Phi) is 4.12. The third-order valence-electron chi connectivity index (χ3n) is 3.51. The molecule has 0 aliphatic carbocycles. The number of phenols is 1. The van der Waals surface area contributed by atoms with Crippen LogP contribution in [0, 0.1) is 5.92 Å². The van der Waals surface area contributed by atoms with Gasteiger partial charge in [-0.1, -0.05) is 35.9 Å². The Hall–Kier alpha value is -2.66. The molecule has 0 spiro atoms. The Balaban J connectivity index is 1.86. The summed E-state index contributed by atoms with van der Waals surface area (Å²) in [5.74, 6) is -0.743. The lowest BCUT2D eigenvalue weighted by atomic mass is 10.1. The number of benzene rings is 2. The van der Waals surface area contributed by atoms with Crippen LogP contribution in [0.5, 0.6) is 5.75 Å². The summed E-state index contributed by atoms with van der Waals surface area (Å²) in [4.78, 5) is 16.8. The van der Waals surface area contributed by atoms with E-state index in [1.54, 1.807) is 55.5 Å². The predicted molar refractivity (Wildman–Crippen MR) is 91.8 cm³/mol. The van der Waals surface area contributed by atoms with Gasteiger partial charge in [-0.15, -0.1) is 0 Å². The zero-order valence-corrected chi connectivity index (χ0v) is 13.1. The van der Waals surface area contributed by atoms with Crippen molar-refractivity contribution in [2.24, 2.45) is 16.0 Å². The van der Waals surface area contributed by atoms with Crippen molar-refractivity contribution in [2.75, 3.05) is 5.01 Å².